The summed E-state index contributed by atoms with van der Waals surface area (Å²) in [6.07, 6.45) is 0.0682. The average molecular weight is 398 g/mol. The van der Waals surface area contributed by atoms with Crippen LogP contribution >= 0.6 is 0 Å². The monoisotopic (exact) mass is 398 g/mol. The van der Waals surface area contributed by atoms with E-state index >= 15 is 0 Å². The minimum Gasteiger partial charge on any atom is -0.491 e. The van der Waals surface area contributed by atoms with Gasteiger partial charge in [0.05, 0.1) is 6.10 Å². The fraction of sp³-hybridized carbons (Fsp3) is 0.190. The molecule has 29 heavy (non-hydrogen) atoms. The molecule has 2 N–H and O–H groups in total. The maximum absolute atomic E-state index is 13.8. The Morgan fingerprint density at radius 2 is 1.69 bits per heavy atom. The fourth-order valence-electron chi connectivity index (χ4n) is 2.58. The molecule has 3 rings (SSSR count). The van der Waals surface area contributed by atoms with Gasteiger partial charge in [0, 0.05) is 11.8 Å². The first-order valence-corrected chi connectivity index (χ1v) is 8.96. The van der Waals surface area contributed by atoms with Gasteiger partial charge in [-0.2, -0.15) is 0 Å². The van der Waals surface area contributed by atoms with E-state index in [4.69, 9.17) is 4.74 Å². The molecule has 0 bridgehead atoms. The molecule has 0 saturated heterocycles. The van der Waals surface area contributed by atoms with Crippen molar-refractivity contribution >= 4 is 23.1 Å². The zero-order valence-electron chi connectivity index (χ0n) is 16.2. The van der Waals surface area contributed by atoms with Gasteiger partial charge in [-0.3, -0.25) is 4.79 Å². The molecule has 3 aromatic rings. The molecule has 0 fully saturated rings. The van der Waals surface area contributed by atoms with Crippen LogP contribution in [0.5, 0.6) is 5.75 Å². The second-order valence-corrected chi connectivity index (χ2v) is 6.55. The summed E-state index contributed by atoms with van der Waals surface area (Å²) in [4.78, 5) is 20.7. The molecule has 1 aromatic heterocycles. The van der Waals surface area contributed by atoms with Gasteiger partial charge in [-0.05, 0) is 57.2 Å². The van der Waals surface area contributed by atoms with E-state index in [0.717, 1.165) is 23.6 Å². The second-order valence-electron chi connectivity index (χ2n) is 6.55. The third kappa shape index (κ3) is 5.25. The number of rotatable bonds is 6. The van der Waals surface area contributed by atoms with Crippen LogP contribution in [0.3, 0.4) is 0 Å². The zero-order chi connectivity index (χ0) is 21.0. The van der Waals surface area contributed by atoms with Crippen LogP contribution in [0.2, 0.25) is 0 Å². The lowest BCUT2D eigenvalue weighted by Crippen LogP contribution is -2.17. The van der Waals surface area contributed by atoms with Crippen molar-refractivity contribution in [1.29, 1.82) is 0 Å². The first kappa shape index (κ1) is 20.2. The molecule has 6 nitrogen and oxygen atoms in total. The lowest BCUT2D eigenvalue weighted by Gasteiger charge is -2.12. The first-order valence-electron chi connectivity index (χ1n) is 8.96. The van der Waals surface area contributed by atoms with E-state index in [9.17, 15) is 13.6 Å². The van der Waals surface area contributed by atoms with Crippen LogP contribution < -0.4 is 15.4 Å². The number of carbonyl (C=O) groups excluding carboxylic acids is 1. The topological polar surface area (TPSA) is 76.1 Å². The summed E-state index contributed by atoms with van der Waals surface area (Å²) < 4.78 is 33.1. The highest BCUT2D eigenvalue weighted by atomic mass is 19.1. The lowest BCUT2D eigenvalue weighted by molar-refractivity contribution is 0.102. The van der Waals surface area contributed by atoms with E-state index in [1.807, 2.05) is 38.1 Å². The van der Waals surface area contributed by atoms with E-state index in [1.54, 1.807) is 6.92 Å². The number of aromatic nitrogens is 2. The smallest absolute Gasteiger partial charge is 0.274 e. The fourth-order valence-corrected chi connectivity index (χ4v) is 2.58. The number of carbonyl (C=O) groups is 1. The summed E-state index contributed by atoms with van der Waals surface area (Å²) >= 11 is 0. The normalized spacial score (nSPS) is 10.7. The Bertz CT molecular complexity index is 1000. The molecule has 0 aliphatic rings. The number of hydrogen-bond donors (Lipinski definition) is 2. The van der Waals surface area contributed by atoms with Gasteiger partial charge in [-0.15, -0.1) is 0 Å². The highest BCUT2D eigenvalue weighted by molar-refractivity contribution is 6.03. The van der Waals surface area contributed by atoms with Crippen LogP contribution in [-0.4, -0.2) is 22.0 Å². The van der Waals surface area contributed by atoms with Crippen molar-refractivity contribution < 1.29 is 18.3 Å². The molecule has 1 amide bonds. The second kappa shape index (κ2) is 8.64. The molecule has 8 heteroatoms. The molecule has 1 heterocycles. The summed E-state index contributed by atoms with van der Waals surface area (Å²) in [6, 6.07) is 12.0. The number of benzene rings is 2. The maximum Gasteiger partial charge on any atom is 0.274 e. The van der Waals surface area contributed by atoms with Crippen molar-refractivity contribution in [3.8, 4) is 5.75 Å². The predicted octanol–water partition coefficient (Wildman–Crippen LogP) is 4.85. The van der Waals surface area contributed by atoms with Crippen molar-refractivity contribution in [2.75, 3.05) is 10.6 Å². The lowest BCUT2D eigenvalue weighted by atomic mass is 10.2. The van der Waals surface area contributed by atoms with Gasteiger partial charge in [-0.1, -0.05) is 6.07 Å². The number of aryl methyl sites for hydroxylation is 1. The third-order valence-electron chi connectivity index (χ3n) is 3.77. The van der Waals surface area contributed by atoms with Gasteiger partial charge in [0.15, 0.2) is 0 Å². The molecule has 0 unspecified atom stereocenters. The molecule has 0 radical (unpaired) electrons. The highest BCUT2D eigenvalue weighted by Gasteiger charge is 2.16. The number of nitrogens with zero attached hydrogens (tertiary/aromatic N) is 2. The van der Waals surface area contributed by atoms with E-state index in [2.05, 4.69) is 20.6 Å². The van der Waals surface area contributed by atoms with Crippen LogP contribution in [-0.2, 0) is 0 Å². The SMILES string of the molecule is Cc1nc(Nc2ccc(OC(C)C)cc2)cc(C(=O)Nc2c(F)cccc2F)n1. The van der Waals surface area contributed by atoms with Gasteiger partial charge >= 0.3 is 0 Å². The minimum absolute atomic E-state index is 0.0255. The molecule has 0 aliphatic carbocycles. The van der Waals surface area contributed by atoms with Gasteiger partial charge in [0.1, 0.15) is 40.4 Å². The third-order valence-corrected chi connectivity index (χ3v) is 3.77. The molecular formula is C21H20F2N4O2. The van der Waals surface area contributed by atoms with E-state index < -0.39 is 23.2 Å². The van der Waals surface area contributed by atoms with E-state index in [-0.39, 0.29) is 11.8 Å². The summed E-state index contributed by atoms with van der Waals surface area (Å²) in [6.45, 7) is 5.50. The van der Waals surface area contributed by atoms with Crippen LogP contribution in [0.25, 0.3) is 0 Å². The Kier molecular flexibility index (Phi) is 6.01. The average Bonchev–Trinajstić information content (AvgIpc) is 2.65. The Morgan fingerprint density at radius 1 is 1.03 bits per heavy atom. The number of nitrogens with one attached hydrogen (secondary N) is 2. The Hall–Kier alpha value is -3.55. The van der Waals surface area contributed by atoms with Gasteiger partial charge < -0.3 is 15.4 Å². The summed E-state index contributed by atoms with van der Waals surface area (Å²) in [5.74, 6) is -1.06. The van der Waals surface area contributed by atoms with Crippen molar-refractivity contribution in [2.45, 2.75) is 26.9 Å². The standard InChI is InChI=1S/C21H20F2N4O2/c1-12(2)29-15-9-7-14(8-10-15)26-19-11-18(24-13(3)25-19)21(28)27-20-16(22)5-4-6-17(20)23/h4-12H,1-3H3,(H,27,28)(H,24,25,26). The van der Waals surface area contributed by atoms with E-state index in [1.165, 1.54) is 12.1 Å². The van der Waals surface area contributed by atoms with Gasteiger partial charge in [0.25, 0.3) is 5.91 Å². The van der Waals surface area contributed by atoms with Crippen LogP contribution in [0.1, 0.15) is 30.2 Å². The van der Waals surface area contributed by atoms with Gasteiger partial charge in [-0.25, -0.2) is 18.7 Å². The first-order chi connectivity index (χ1) is 13.8. The van der Waals surface area contributed by atoms with Crippen LogP contribution in [0, 0.1) is 18.6 Å². The number of anilines is 3. The molecule has 150 valence electrons. The molecule has 0 spiro atoms. The quantitative estimate of drug-likeness (QED) is 0.621. The van der Waals surface area contributed by atoms with Gasteiger partial charge in [0.2, 0.25) is 0 Å². The van der Waals surface area contributed by atoms with Crippen molar-refractivity contribution in [2.24, 2.45) is 0 Å². The zero-order valence-corrected chi connectivity index (χ0v) is 16.2. The molecule has 0 aliphatic heterocycles. The number of ether oxygens (including phenoxy) is 1. The summed E-state index contributed by atoms with van der Waals surface area (Å²) in [7, 11) is 0. The van der Waals surface area contributed by atoms with E-state index in [0.29, 0.717) is 11.6 Å². The van der Waals surface area contributed by atoms with Crippen molar-refractivity contribution in [1.82, 2.24) is 9.97 Å². The van der Waals surface area contributed by atoms with Crippen LogP contribution in [0.15, 0.2) is 48.5 Å². The molecular weight excluding hydrogens is 378 g/mol. The Labute approximate surface area is 167 Å². The molecule has 0 atom stereocenters. The van der Waals surface area contributed by atoms with Crippen molar-refractivity contribution in [3.63, 3.8) is 0 Å². The summed E-state index contributed by atoms with van der Waals surface area (Å²) in [5, 5.41) is 5.29. The Morgan fingerprint density at radius 3 is 2.31 bits per heavy atom. The molecule has 2 aromatic carbocycles. The van der Waals surface area contributed by atoms with Crippen LogP contribution in [0.4, 0.5) is 26.0 Å². The number of hydrogen-bond acceptors (Lipinski definition) is 5. The highest BCUT2D eigenvalue weighted by Crippen LogP contribution is 2.22. The molecule has 0 saturated carbocycles. The number of amides is 1. The number of halogens is 2. The van der Waals surface area contributed by atoms with Crippen molar-refractivity contribution in [3.05, 3.63) is 71.7 Å². The number of para-hydroxylation sites is 1. The maximum atomic E-state index is 13.8. The summed E-state index contributed by atoms with van der Waals surface area (Å²) in [5.41, 5.74) is 0.178. The minimum atomic E-state index is -0.869. The largest absolute Gasteiger partial charge is 0.491 e. The Balaban J connectivity index is 1.78. The predicted molar refractivity (Wildman–Crippen MR) is 107 cm³/mol.